The zero-order chi connectivity index (χ0) is 19.1. The first-order chi connectivity index (χ1) is 13.1. The second-order valence-corrected chi connectivity index (χ2v) is 6.92. The van der Waals surface area contributed by atoms with Crippen LogP contribution >= 0.6 is 11.6 Å². The van der Waals surface area contributed by atoms with Gasteiger partial charge in [-0.15, -0.1) is 0 Å². The van der Waals surface area contributed by atoms with E-state index in [4.69, 9.17) is 11.6 Å². The third-order valence-electron chi connectivity index (χ3n) is 4.50. The third kappa shape index (κ3) is 5.41. The van der Waals surface area contributed by atoms with Crippen molar-refractivity contribution in [2.45, 2.75) is 32.1 Å². The second kappa shape index (κ2) is 9.33. The van der Waals surface area contributed by atoms with Gasteiger partial charge in [-0.05, 0) is 50.3 Å². The number of nitrogens with zero attached hydrogens (tertiary/aromatic N) is 1. The average Bonchev–Trinajstić information content (AvgIpc) is 2.70. The van der Waals surface area contributed by atoms with Crippen LogP contribution in [0.3, 0.4) is 0 Å². The van der Waals surface area contributed by atoms with E-state index in [0.29, 0.717) is 28.4 Å². The highest BCUT2D eigenvalue weighted by Crippen LogP contribution is 2.21. The predicted molar refractivity (Wildman–Crippen MR) is 107 cm³/mol. The first-order valence-corrected chi connectivity index (χ1v) is 9.48. The van der Waals surface area contributed by atoms with Crippen LogP contribution in [0, 0.1) is 0 Å². The maximum atomic E-state index is 12.4. The van der Waals surface area contributed by atoms with Gasteiger partial charge in [0, 0.05) is 18.9 Å². The number of pyridine rings is 1. The minimum Gasteiger partial charge on any atom is -0.352 e. The highest BCUT2D eigenvalue weighted by molar-refractivity contribution is 6.33. The third-order valence-corrected chi connectivity index (χ3v) is 4.83. The van der Waals surface area contributed by atoms with Crippen LogP contribution in [0.2, 0.25) is 5.02 Å². The van der Waals surface area contributed by atoms with E-state index in [1.165, 1.54) is 36.9 Å². The number of halogens is 1. The van der Waals surface area contributed by atoms with Crippen LogP contribution in [-0.4, -0.2) is 23.3 Å². The number of hydrogen-bond donors (Lipinski definition) is 2. The molecule has 0 unspecified atom stereocenters. The van der Waals surface area contributed by atoms with Crippen LogP contribution in [0.15, 0.2) is 54.4 Å². The number of amides is 2. The summed E-state index contributed by atoms with van der Waals surface area (Å²) < 4.78 is 0. The molecule has 1 heterocycles. The van der Waals surface area contributed by atoms with E-state index in [0.717, 1.165) is 19.3 Å². The summed E-state index contributed by atoms with van der Waals surface area (Å²) in [5.74, 6) is -0.594. The molecule has 1 aromatic heterocycles. The molecule has 27 heavy (non-hydrogen) atoms. The van der Waals surface area contributed by atoms with Gasteiger partial charge < -0.3 is 10.6 Å². The summed E-state index contributed by atoms with van der Waals surface area (Å²) in [7, 11) is 0. The standard InChI is InChI=1S/C21H22ClN3O2/c22-18-8-4-5-9-19(18)25-21(27)17-12-16(13-23-14-17)20(26)24-11-10-15-6-2-1-3-7-15/h4-6,8-9,12-14H,1-3,7,10-11H2,(H,24,26)(H,25,27). The van der Waals surface area contributed by atoms with Gasteiger partial charge in [0.05, 0.1) is 21.8 Å². The van der Waals surface area contributed by atoms with Crippen molar-refractivity contribution in [1.29, 1.82) is 0 Å². The number of nitrogens with one attached hydrogen (secondary N) is 2. The van der Waals surface area contributed by atoms with Gasteiger partial charge in [0.25, 0.3) is 11.8 Å². The van der Waals surface area contributed by atoms with Crippen LogP contribution in [-0.2, 0) is 0 Å². The van der Waals surface area contributed by atoms with Crippen LogP contribution in [0.1, 0.15) is 52.8 Å². The molecule has 140 valence electrons. The molecule has 0 saturated carbocycles. The minimum atomic E-state index is -0.363. The number of benzene rings is 1. The lowest BCUT2D eigenvalue weighted by molar-refractivity contribution is 0.0953. The van der Waals surface area contributed by atoms with E-state index in [1.54, 1.807) is 24.3 Å². The first kappa shape index (κ1) is 19.1. The number of hydrogen-bond acceptors (Lipinski definition) is 3. The van der Waals surface area contributed by atoms with Crippen LogP contribution in [0.4, 0.5) is 5.69 Å². The fourth-order valence-electron chi connectivity index (χ4n) is 3.02. The molecular formula is C21H22ClN3O2. The largest absolute Gasteiger partial charge is 0.352 e. The van der Waals surface area contributed by atoms with Crippen molar-refractivity contribution in [1.82, 2.24) is 10.3 Å². The fourth-order valence-corrected chi connectivity index (χ4v) is 3.20. The van der Waals surface area contributed by atoms with Gasteiger partial charge in [0.1, 0.15) is 0 Å². The number of para-hydroxylation sites is 1. The fraction of sp³-hybridized carbons (Fsp3) is 0.286. The molecule has 0 bridgehead atoms. The molecule has 5 nitrogen and oxygen atoms in total. The lowest BCUT2D eigenvalue weighted by Crippen LogP contribution is -2.25. The van der Waals surface area contributed by atoms with Gasteiger partial charge in [-0.1, -0.05) is 35.4 Å². The Morgan fingerprint density at radius 1 is 1.07 bits per heavy atom. The molecule has 2 N–H and O–H groups in total. The van der Waals surface area contributed by atoms with Crippen molar-refractivity contribution in [3.05, 3.63) is 70.5 Å². The highest BCUT2D eigenvalue weighted by Gasteiger charge is 2.13. The molecule has 1 aliphatic rings. The summed E-state index contributed by atoms with van der Waals surface area (Å²) in [6.45, 7) is 0.584. The Balaban J connectivity index is 1.59. The van der Waals surface area contributed by atoms with Crippen molar-refractivity contribution in [3.63, 3.8) is 0 Å². The zero-order valence-corrected chi connectivity index (χ0v) is 15.8. The van der Waals surface area contributed by atoms with Crippen LogP contribution in [0.5, 0.6) is 0 Å². The lowest BCUT2D eigenvalue weighted by atomic mass is 9.97. The quantitative estimate of drug-likeness (QED) is 0.715. The van der Waals surface area contributed by atoms with Gasteiger partial charge in [-0.25, -0.2) is 0 Å². The van der Waals surface area contributed by atoms with Crippen molar-refractivity contribution in [2.24, 2.45) is 0 Å². The van der Waals surface area contributed by atoms with Crippen LogP contribution < -0.4 is 10.6 Å². The molecule has 0 radical (unpaired) electrons. The maximum absolute atomic E-state index is 12.4. The minimum absolute atomic E-state index is 0.230. The van der Waals surface area contributed by atoms with E-state index < -0.39 is 0 Å². The Kier molecular flexibility index (Phi) is 6.60. The molecule has 6 heteroatoms. The Morgan fingerprint density at radius 2 is 1.85 bits per heavy atom. The number of allylic oxidation sites excluding steroid dienone is 1. The molecule has 0 saturated heterocycles. The summed E-state index contributed by atoms with van der Waals surface area (Å²) >= 11 is 6.06. The van der Waals surface area contributed by atoms with E-state index in [2.05, 4.69) is 21.7 Å². The highest BCUT2D eigenvalue weighted by atomic mass is 35.5. The van der Waals surface area contributed by atoms with Gasteiger partial charge in [-0.2, -0.15) is 0 Å². The summed E-state index contributed by atoms with van der Waals surface area (Å²) in [5, 5.41) is 6.08. The molecule has 2 aromatic rings. The van der Waals surface area contributed by atoms with E-state index in [9.17, 15) is 9.59 Å². The van der Waals surface area contributed by atoms with Gasteiger partial charge in [0.2, 0.25) is 0 Å². The number of carbonyl (C=O) groups is 2. The first-order valence-electron chi connectivity index (χ1n) is 9.10. The van der Waals surface area contributed by atoms with Gasteiger partial charge >= 0.3 is 0 Å². The Labute approximate surface area is 163 Å². The summed E-state index contributed by atoms with van der Waals surface area (Å²) in [4.78, 5) is 28.8. The van der Waals surface area contributed by atoms with E-state index in [1.807, 2.05) is 0 Å². The monoisotopic (exact) mass is 383 g/mol. The van der Waals surface area contributed by atoms with E-state index in [-0.39, 0.29) is 11.8 Å². The zero-order valence-electron chi connectivity index (χ0n) is 15.0. The Morgan fingerprint density at radius 3 is 2.59 bits per heavy atom. The molecule has 0 atom stereocenters. The number of aromatic nitrogens is 1. The van der Waals surface area contributed by atoms with Gasteiger partial charge in [0.15, 0.2) is 0 Å². The molecule has 0 fully saturated rings. The normalized spacial score (nSPS) is 13.6. The van der Waals surface area contributed by atoms with E-state index >= 15 is 0 Å². The lowest BCUT2D eigenvalue weighted by Gasteiger charge is -2.13. The smallest absolute Gasteiger partial charge is 0.257 e. The molecule has 0 aliphatic heterocycles. The van der Waals surface area contributed by atoms with Crippen molar-refractivity contribution >= 4 is 29.1 Å². The SMILES string of the molecule is O=C(NCCC1=CCCCC1)c1cncc(C(=O)Nc2ccccc2Cl)c1. The van der Waals surface area contributed by atoms with Gasteiger partial charge in [-0.3, -0.25) is 14.6 Å². The Hall–Kier alpha value is -2.66. The molecule has 3 rings (SSSR count). The number of carbonyl (C=O) groups excluding carboxylic acids is 2. The van der Waals surface area contributed by atoms with Crippen LogP contribution in [0.25, 0.3) is 0 Å². The number of rotatable bonds is 6. The summed E-state index contributed by atoms with van der Waals surface area (Å²) in [6, 6.07) is 8.51. The molecule has 1 aliphatic carbocycles. The number of anilines is 1. The van der Waals surface area contributed by atoms with Crippen molar-refractivity contribution in [3.8, 4) is 0 Å². The topological polar surface area (TPSA) is 71.1 Å². The molecule has 2 amide bonds. The van der Waals surface area contributed by atoms with Crippen molar-refractivity contribution < 1.29 is 9.59 Å². The molecule has 0 spiro atoms. The summed E-state index contributed by atoms with van der Waals surface area (Å²) in [6.07, 6.45) is 10.8. The van der Waals surface area contributed by atoms with Crippen molar-refractivity contribution in [2.75, 3.05) is 11.9 Å². The molecule has 1 aromatic carbocycles. The second-order valence-electron chi connectivity index (χ2n) is 6.51. The predicted octanol–water partition coefficient (Wildman–Crippen LogP) is 4.61. The summed E-state index contributed by atoms with van der Waals surface area (Å²) in [5.41, 5.74) is 2.59. The molecular weight excluding hydrogens is 362 g/mol. The Bertz CT molecular complexity index is 864. The maximum Gasteiger partial charge on any atom is 0.257 e. The average molecular weight is 384 g/mol.